The van der Waals surface area contributed by atoms with E-state index in [1.54, 1.807) is 6.20 Å². The van der Waals surface area contributed by atoms with Gasteiger partial charge in [0.25, 0.3) is 5.91 Å². The molecular weight excluding hydrogens is 460 g/mol. The van der Waals surface area contributed by atoms with Gasteiger partial charge >= 0.3 is 0 Å². The maximum Gasteiger partial charge on any atom is 0.273 e. The molecule has 2 aromatic rings. The summed E-state index contributed by atoms with van der Waals surface area (Å²) in [6.07, 6.45) is 10.5. The molecule has 2 aliphatic rings. The number of piperidine rings is 1. The van der Waals surface area contributed by atoms with E-state index >= 15 is 0 Å². The first-order valence-corrected chi connectivity index (χ1v) is 13.3. The Labute approximate surface area is 221 Å². The van der Waals surface area contributed by atoms with Crippen molar-refractivity contribution in [3.8, 4) is 0 Å². The molecule has 1 fully saturated rings. The number of likely N-dealkylation sites (N-methyl/N-ethyl adjacent to an activating group) is 1. The van der Waals surface area contributed by atoms with Gasteiger partial charge in [-0.05, 0) is 67.0 Å². The number of likely N-dealkylation sites (tertiary alicyclic amines) is 1. The van der Waals surface area contributed by atoms with Crippen molar-refractivity contribution in [1.29, 1.82) is 0 Å². The summed E-state index contributed by atoms with van der Waals surface area (Å²) in [5.74, 6) is -0.384. The van der Waals surface area contributed by atoms with Gasteiger partial charge in [-0.25, -0.2) is 0 Å². The predicted molar refractivity (Wildman–Crippen MR) is 149 cm³/mol. The topological polar surface area (TPSA) is 65.5 Å². The van der Waals surface area contributed by atoms with Crippen LogP contribution in [0.1, 0.15) is 61.6 Å². The van der Waals surface area contributed by atoms with E-state index in [0.717, 1.165) is 36.2 Å². The molecule has 1 aliphatic carbocycles. The van der Waals surface area contributed by atoms with Crippen LogP contribution in [0, 0.1) is 18.8 Å². The lowest BCUT2D eigenvalue weighted by Gasteiger charge is -2.44. The van der Waals surface area contributed by atoms with Crippen molar-refractivity contribution in [3.63, 3.8) is 0 Å². The minimum Gasteiger partial charge on any atom is -0.378 e. The Morgan fingerprint density at radius 3 is 2.57 bits per heavy atom. The summed E-state index contributed by atoms with van der Waals surface area (Å²) in [7, 11) is 4.05. The van der Waals surface area contributed by atoms with Crippen LogP contribution in [0.25, 0.3) is 0 Å². The molecule has 1 aromatic carbocycles. The van der Waals surface area contributed by atoms with Gasteiger partial charge in [0.1, 0.15) is 5.69 Å². The summed E-state index contributed by atoms with van der Waals surface area (Å²) < 4.78 is 0. The van der Waals surface area contributed by atoms with E-state index < -0.39 is 0 Å². The molecule has 1 N–H and O–H groups in total. The first kappa shape index (κ1) is 26.6. The van der Waals surface area contributed by atoms with Crippen LogP contribution >= 0.6 is 0 Å². The molecule has 1 aliphatic heterocycles. The fourth-order valence-corrected chi connectivity index (χ4v) is 5.43. The Morgan fingerprint density at radius 2 is 1.92 bits per heavy atom. The lowest BCUT2D eigenvalue weighted by molar-refractivity contribution is -0.123. The van der Waals surface area contributed by atoms with Crippen molar-refractivity contribution in [2.24, 2.45) is 11.8 Å². The van der Waals surface area contributed by atoms with Crippen molar-refractivity contribution in [3.05, 3.63) is 83.3 Å². The van der Waals surface area contributed by atoms with E-state index in [4.69, 9.17) is 0 Å². The monoisotopic (exact) mass is 500 g/mol. The lowest BCUT2D eigenvalue weighted by atomic mass is 9.77. The van der Waals surface area contributed by atoms with Gasteiger partial charge < -0.3 is 15.1 Å². The summed E-state index contributed by atoms with van der Waals surface area (Å²) in [6.45, 7) is 9.03. The maximum atomic E-state index is 13.8. The Hall–Kier alpha value is -3.41. The number of pyridine rings is 1. The van der Waals surface area contributed by atoms with Crippen molar-refractivity contribution in [2.75, 3.05) is 26.0 Å². The fraction of sp³-hybridized carbons (Fsp3) is 0.452. The highest BCUT2D eigenvalue weighted by atomic mass is 16.2. The number of allylic oxidation sites excluding steroid dienone is 2. The molecule has 6 heteroatoms. The van der Waals surface area contributed by atoms with Gasteiger partial charge in [-0.2, -0.15) is 0 Å². The molecule has 196 valence electrons. The molecule has 2 unspecified atom stereocenters. The van der Waals surface area contributed by atoms with Gasteiger partial charge in [0.05, 0.1) is 12.0 Å². The van der Waals surface area contributed by atoms with Crippen LogP contribution in [0.4, 0.5) is 5.69 Å². The van der Waals surface area contributed by atoms with Crippen molar-refractivity contribution in [2.45, 2.75) is 58.4 Å². The maximum absolute atomic E-state index is 13.8. The zero-order valence-electron chi connectivity index (χ0n) is 23.0. The zero-order valence-corrected chi connectivity index (χ0v) is 23.0. The number of aryl methyl sites for hydroxylation is 1. The molecule has 0 radical (unpaired) electrons. The third-order valence-electron chi connectivity index (χ3n) is 7.56. The standard InChI is InChI=1S/C31H40N4O2/c1-21-10-8-18-32-27(21)30(37)35-19-9-13-26(28(35)22-14-16-25(17-15-22)34(5)6)29(36)33-24-12-7-11-23(20-24)31(2,3)4/h7-8,10-12,14,16-18,20,22,26,28H,9,13,15,19H2,1-6H3,(H,33,36)/t22?,26?,28-/m0/s1. The van der Waals surface area contributed by atoms with Gasteiger partial charge in [-0.1, -0.05) is 51.1 Å². The Morgan fingerprint density at radius 1 is 1.14 bits per heavy atom. The van der Waals surface area contributed by atoms with Crippen LogP contribution in [0.15, 0.2) is 66.5 Å². The predicted octanol–water partition coefficient (Wildman–Crippen LogP) is 5.57. The number of nitrogens with zero attached hydrogens (tertiary/aromatic N) is 3. The Balaban J connectivity index is 1.65. The first-order valence-electron chi connectivity index (χ1n) is 13.3. The average Bonchev–Trinajstić information content (AvgIpc) is 2.88. The second-order valence-corrected chi connectivity index (χ2v) is 11.5. The lowest BCUT2D eigenvalue weighted by Crippen LogP contribution is -2.55. The van der Waals surface area contributed by atoms with Gasteiger partial charge in [0.15, 0.2) is 0 Å². The van der Waals surface area contributed by atoms with Crippen LogP contribution in [0.3, 0.4) is 0 Å². The number of anilines is 1. The quantitative estimate of drug-likeness (QED) is 0.583. The Kier molecular flexibility index (Phi) is 7.86. The smallest absolute Gasteiger partial charge is 0.273 e. The molecule has 0 bridgehead atoms. The van der Waals surface area contributed by atoms with Crippen LogP contribution in [0.2, 0.25) is 0 Å². The number of carbonyl (C=O) groups is 2. The number of aromatic nitrogens is 1. The van der Waals surface area contributed by atoms with Gasteiger partial charge in [0.2, 0.25) is 5.91 Å². The van der Waals surface area contributed by atoms with E-state index in [1.165, 1.54) is 5.56 Å². The van der Waals surface area contributed by atoms with Crippen LogP contribution in [-0.4, -0.2) is 53.3 Å². The minimum absolute atomic E-state index is 0.0127. The van der Waals surface area contributed by atoms with Crippen molar-refractivity contribution < 1.29 is 9.59 Å². The van der Waals surface area contributed by atoms with Crippen LogP contribution in [0.5, 0.6) is 0 Å². The number of amides is 2. The van der Waals surface area contributed by atoms with Crippen molar-refractivity contribution in [1.82, 2.24) is 14.8 Å². The first-order chi connectivity index (χ1) is 17.6. The van der Waals surface area contributed by atoms with E-state index in [9.17, 15) is 9.59 Å². The van der Waals surface area contributed by atoms with Gasteiger partial charge in [0, 0.05) is 44.1 Å². The SMILES string of the molecule is Cc1cccnc1C(=O)N1CCCC(C(=O)Nc2cccc(C(C)(C)C)c2)[C@@H]1C1C=CC(N(C)C)=CC1. The summed E-state index contributed by atoms with van der Waals surface area (Å²) in [4.78, 5) is 36.0. The Bertz CT molecular complexity index is 1210. The number of hydrogen-bond donors (Lipinski definition) is 1. The number of hydrogen-bond acceptors (Lipinski definition) is 4. The molecule has 3 atom stereocenters. The highest BCUT2D eigenvalue weighted by molar-refractivity contribution is 5.96. The van der Waals surface area contributed by atoms with Gasteiger partial charge in [-0.3, -0.25) is 14.6 Å². The largest absolute Gasteiger partial charge is 0.378 e. The number of nitrogens with one attached hydrogen (secondary N) is 1. The molecule has 2 heterocycles. The second kappa shape index (κ2) is 10.9. The zero-order chi connectivity index (χ0) is 26.7. The molecule has 0 saturated carbocycles. The summed E-state index contributed by atoms with van der Waals surface area (Å²) >= 11 is 0. The molecule has 37 heavy (non-hydrogen) atoms. The fourth-order valence-electron chi connectivity index (χ4n) is 5.43. The van der Waals surface area contributed by atoms with E-state index in [1.807, 2.05) is 50.2 Å². The molecular formula is C31H40N4O2. The normalized spacial score (nSPS) is 21.8. The third kappa shape index (κ3) is 5.95. The minimum atomic E-state index is -0.316. The third-order valence-corrected chi connectivity index (χ3v) is 7.56. The number of rotatable bonds is 5. The second-order valence-electron chi connectivity index (χ2n) is 11.5. The van der Waals surface area contributed by atoms with E-state index in [0.29, 0.717) is 12.2 Å². The van der Waals surface area contributed by atoms with E-state index in [-0.39, 0.29) is 35.1 Å². The van der Waals surface area contributed by atoms with Crippen LogP contribution < -0.4 is 5.32 Å². The molecule has 0 spiro atoms. The number of benzene rings is 1. The summed E-state index contributed by atoms with van der Waals surface area (Å²) in [5, 5.41) is 3.19. The molecule has 6 nitrogen and oxygen atoms in total. The molecule has 2 amide bonds. The summed E-state index contributed by atoms with van der Waals surface area (Å²) in [5.41, 5.74) is 4.42. The van der Waals surface area contributed by atoms with Crippen LogP contribution in [-0.2, 0) is 10.2 Å². The highest BCUT2D eigenvalue weighted by Gasteiger charge is 2.43. The molecule has 1 aromatic heterocycles. The van der Waals surface area contributed by atoms with E-state index in [2.05, 4.69) is 66.3 Å². The molecule has 1 saturated heterocycles. The average molecular weight is 501 g/mol. The van der Waals surface area contributed by atoms with Crippen molar-refractivity contribution >= 4 is 17.5 Å². The highest BCUT2D eigenvalue weighted by Crippen LogP contribution is 2.36. The summed E-state index contributed by atoms with van der Waals surface area (Å²) in [6, 6.07) is 11.6. The number of carbonyl (C=O) groups excluding carboxylic acids is 2. The van der Waals surface area contributed by atoms with Gasteiger partial charge in [-0.15, -0.1) is 0 Å². The molecule has 4 rings (SSSR count).